The van der Waals surface area contributed by atoms with Crippen molar-refractivity contribution in [2.45, 2.75) is 26.2 Å². The second-order valence-electron chi connectivity index (χ2n) is 5.42. The van der Waals surface area contributed by atoms with Gasteiger partial charge in [-0.05, 0) is 43.4 Å². The van der Waals surface area contributed by atoms with Gasteiger partial charge in [0.25, 0.3) is 0 Å². The monoisotopic (exact) mass is 262 g/mol. The highest BCUT2D eigenvalue weighted by Crippen LogP contribution is 2.25. The molecule has 0 N–H and O–H groups in total. The number of Topliss-reactive ketones (excluding diaryl/α,β-unsaturated/α-hetero) is 1. The Morgan fingerprint density at radius 3 is 2.50 bits per heavy atom. The lowest BCUT2D eigenvalue weighted by Gasteiger charge is -2.05. The number of aryl methyl sites for hydroxylation is 2. The van der Waals surface area contributed by atoms with Crippen molar-refractivity contribution in [3.05, 3.63) is 76.4 Å². The Hall–Kier alpha value is -2.15. The molecule has 1 nitrogen and oxygen atoms in total. The molecule has 0 amide bonds. The van der Waals surface area contributed by atoms with E-state index in [4.69, 9.17) is 0 Å². The Morgan fingerprint density at radius 2 is 1.70 bits per heavy atom. The van der Waals surface area contributed by atoms with Crippen LogP contribution in [0.1, 0.15) is 39.9 Å². The first-order chi connectivity index (χ1) is 9.74. The van der Waals surface area contributed by atoms with Gasteiger partial charge in [-0.3, -0.25) is 4.79 Å². The Morgan fingerprint density at radius 1 is 0.950 bits per heavy atom. The molecule has 0 unspecified atom stereocenters. The lowest BCUT2D eigenvalue weighted by atomic mass is 9.98. The first kappa shape index (κ1) is 12.9. The highest BCUT2D eigenvalue weighted by molar-refractivity contribution is 6.12. The van der Waals surface area contributed by atoms with Crippen LogP contribution >= 0.6 is 0 Å². The van der Waals surface area contributed by atoms with Gasteiger partial charge in [0.15, 0.2) is 5.78 Å². The summed E-state index contributed by atoms with van der Waals surface area (Å²) in [4.78, 5) is 12.6. The highest BCUT2D eigenvalue weighted by Gasteiger charge is 2.19. The van der Waals surface area contributed by atoms with Crippen LogP contribution in [0.15, 0.2) is 54.1 Å². The van der Waals surface area contributed by atoms with Gasteiger partial charge in [-0.25, -0.2) is 0 Å². The minimum Gasteiger partial charge on any atom is -0.289 e. The summed E-state index contributed by atoms with van der Waals surface area (Å²) in [5, 5.41) is 0. The first-order valence-corrected chi connectivity index (χ1v) is 7.14. The fraction of sp³-hybridized carbons (Fsp3) is 0.211. The van der Waals surface area contributed by atoms with E-state index in [1.165, 1.54) is 11.1 Å². The SMILES string of the molecule is Cc1ccc(/C=C2\CCCc3ccccc3C2=O)cc1. The minimum absolute atomic E-state index is 0.193. The van der Waals surface area contributed by atoms with Gasteiger partial charge in [0.1, 0.15) is 0 Å². The van der Waals surface area contributed by atoms with Gasteiger partial charge < -0.3 is 0 Å². The molecule has 0 heterocycles. The number of carbonyl (C=O) groups excluding carboxylic acids is 1. The summed E-state index contributed by atoms with van der Waals surface area (Å²) in [6, 6.07) is 16.3. The van der Waals surface area contributed by atoms with Crippen LogP contribution in [-0.2, 0) is 6.42 Å². The molecule has 2 aromatic carbocycles. The molecule has 3 rings (SSSR count). The minimum atomic E-state index is 0.193. The second kappa shape index (κ2) is 5.46. The molecule has 0 saturated heterocycles. The Kier molecular flexibility index (Phi) is 3.51. The van der Waals surface area contributed by atoms with Gasteiger partial charge in [0.05, 0.1) is 0 Å². The molecule has 0 saturated carbocycles. The van der Waals surface area contributed by atoms with E-state index >= 15 is 0 Å². The topological polar surface area (TPSA) is 17.1 Å². The summed E-state index contributed by atoms with van der Waals surface area (Å²) in [6.07, 6.45) is 4.94. The number of fused-ring (bicyclic) bond motifs is 1. The zero-order valence-corrected chi connectivity index (χ0v) is 11.7. The molecule has 0 spiro atoms. The van der Waals surface area contributed by atoms with Crippen molar-refractivity contribution < 1.29 is 4.79 Å². The van der Waals surface area contributed by atoms with Crippen molar-refractivity contribution >= 4 is 11.9 Å². The Bertz CT molecular complexity index is 662. The van der Waals surface area contributed by atoms with Crippen LogP contribution in [-0.4, -0.2) is 5.78 Å². The lowest BCUT2D eigenvalue weighted by molar-refractivity contribution is 0.103. The number of carbonyl (C=O) groups is 1. The largest absolute Gasteiger partial charge is 0.289 e. The van der Waals surface area contributed by atoms with Crippen molar-refractivity contribution in [1.82, 2.24) is 0 Å². The molecule has 0 bridgehead atoms. The Labute approximate surface area is 120 Å². The summed E-state index contributed by atoms with van der Waals surface area (Å²) in [7, 11) is 0. The van der Waals surface area contributed by atoms with E-state index in [1.807, 2.05) is 24.3 Å². The normalized spacial score (nSPS) is 16.9. The first-order valence-electron chi connectivity index (χ1n) is 7.14. The van der Waals surface area contributed by atoms with Gasteiger partial charge in [0, 0.05) is 11.1 Å². The van der Waals surface area contributed by atoms with Crippen LogP contribution in [0.5, 0.6) is 0 Å². The molecule has 1 heteroatoms. The summed E-state index contributed by atoms with van der Waals surface area (Å²) >= 11 is 0. The van der Waals surface area contributed by atoms with Crippen molar-refractivity contribution in [2.75, 3.05) is 0 Å². The predicted molar refractivity (Wildman–Crippen MR) is 82.9 cm³/mol. The third-order valence-electron chi connectivity index (χ3n) is 3.86. The van der Waals surface area contributed by atoms with Crippen LogP contribution < -0.4 is 0 Å². The fourth-order valence-electron chi connectivity index (χ4n) is 2.72. The van der Waals surface area contributed by atoms with Crippen molar-refractivity contribution in [3.8, 4) is 0 Å². The molecule has 2 aromatic rings. The molecule has 100 valence electrons. The molecule has 1 aliphatic carbocycles. The highest BCUT2D eigenvalue weighted by atomic mass is 16.1. The molecular weight excluding hydrogens is 244 g/mol. The van der Waals surface area contributed by atoms with E-state index in [0.717, 1.165) is 36.0 Å². The molecule has 0 fully saturated rings. The summed E-state index contributed by atoms with van der Waals surface area (Å²) < 4.78 is 0. The molecule has 0 atom stereocenters. The molecular formula is C19H18O. The maximum absolute atomic E-state index is 12.6. The van der Waals surface area contributed by atoms with Gasteiger partial charge in [0.2, 0.25) is 0 Å². The van der Waals surface area contributed by atoms with Gasteiger partial charge in [-0.1, -0.05) is 54.1 Å². The number of hydrogen-bond acceptors (Lipinski definition) is 1. The smallest absolute Gasteiger partial charge is 0.189 e. The van der Waals surface area contributed by atoms with E-state index in [9.17, 15) is 4.79 Å². The quantitative estimate of drug-likeness (QED) is 0.542. The molecule has 20 heavy (non-hydrogen) atoms. The average Bonchev–Trinajstić information content (AvgIpc) is 2.62. The van der Waals surface area contributed by atoms with E-state index in [2.05, 4.69) is 37.3 Å². The third-order valence-corrected chi connectivity index (χ3v) is 3.86. The third kappa shape index (κ3) is 2.57. The maximum atomic E-state index is 12.6. The number of benzene rings is 2. The molecule has 1 aliphatic rings. The fourth-order valence-corrected chi connectivity index (χ4v) is 2.72. The van der Waals surface area contributed by atoms with Crippen LogP contribution in [0, 0.1) is 6.92 Å². The summed E-state index contributed by atoms with van der Waals surface area (Å²) in [6.45, 7) is 2.07. The van der Waals surface area contributed by atoms with Crippen molar-refractivity contribution in [1.29, 1.82) is 0 Å². The maximum Gasteiger partial charge on any atom is 0.189 e. The Balaban J connectivity index is 1.98. The summed E-state index contributed by atoms with van der Waals surface area (Å²) in [5.41, 5.74) is 5.34. The molecule has 0 radical (unpaired) electrons. The number of allylic oxidation sites excluding steroid dienone is 1. The molecule has 0 aliphatic heterocycles. The van der Waals surface area contributed by atoms with Crippen LogP contribution in [0.4, 0.5) is 0 Å². The standard InChI is InChI=1S/C19H18O/c1-14-9-11-15(12-10-14)13-17-7-4-6-16-5-2-3-8-18(16)19(17)20/h2-3,5,8-13H,4,6-7H2,1H3/b17-13+. The van der Waals surface area contributed by atoms with Gasteiger partial charge in [-0.2, -0.15) is 0 Å². The predicted octanol–water partition coefficient (Wildman–Crippen LogP) is 4.60. The molecule has 0 aromatic heterocycles. The summed E-state index contributed by atoms with van der Waals surface area (Å²) in [5.74, 6) is 0.193. The van der Waals surface area contributed by atoms with Crippen molar-refractivity contribution in [2.24, 2.45) is 0 Å². The number of ketones is 1. The zero-order chi connectivity index (χ0) is 13.9. The average molecular weight is 262 g/mol. The van der Waals surface area contributed by atoms with E-state index in [0.29, 0.717) is 0 Å². The van der Waals surface area contributed by atoms with Crippen LogP contribution in [0.2, 0.25) is 0 Å². The second-order valence-corrected chi connectivity index (χ2v) is 5.42. The lowest BCUT2D eigenvalue weighted by Crippen LogP contribution is -2.03. The van der Waals surface area contributed by atoms with Gasteiger partial charge >= 0.3 is 0 Å². The van der Waals surface area contributed by atoms with Crippen molar-refractivity contribution in [3.63, 3.8) is 0 Å². The van der Waals surface area contributed by atoms with Crippen LogP contribution in [0.3, 0.4) is 0 Å². The van der Waals surface area contributed by atoms with E-state index in [1.54, 1.807) is 0 Å². The van der Waals surface area contributed by atoms with Crippen LogP contribution in [0.25, 0.3) is 6.08 Å². The van der Waals surface area contributed by atoms with Gasteiger partial charge in [-0.15, -0.1) is 0 Å². The van der Waals surface area contributed by atoms with E-state index in [-0.39, 0.29) is 5.78 Å². The zero-order valence-electron chi connectivity index (χ0n) is 11.7. The number of hydrogen-bond donors (Lipinski definition) is 0. The number of rotatable bonds is 1. The van der Waals surface area contributed by atoms with E-state index < -0.39 is 0 Å².